The number of nitrogens with one attached hydrogen (secondary N) is 1. The number of carbonyl (C=O) groups excluding carboxylic acids is 1. The van der Waals surface area contributed by atoms with Crippen molar-refractivity contribution in [3.05, 3.63) is 41.9 Å². The lowest BCUT2D eigenvalue weighted by atomic mass is 10.4. The van der Waals surface area contributed by atoms with Crippen LogP contribution in [0.3, 0.4) is 0 Å². The first-order valence-corrected chi connectivity index (χ1v) is 6.20. The average molecular weight is 256 g/mol. The van der Waals surface area contributed by atoms with Crippen LogP contribution < -0.4 is 5.32 Å². The molecule has 0 saturated heterocycles. The molecule has 0 spiro atoms. The molecule has 0 fully saturated rings. The number of amides is 1. The third-order valence-corrected chi connectivity index (χ3v) is 3.28. The van der Waals surface area contributed by atoms with Gasteiger partial charge in [0.05, 0.1) is 5.25 Å². The standard InChI is InChI=1S/C12H14ClNOS/c1-3-8-14-12(15)9(2)16-11-6-4-10(13)5-7-11/h3-7,9H,1,8H2,2H3,(H,14,15)/t9-/m1/s1. The molecule has 1 atom stereocenters. The highest BCUT2D eigenvalue weighted by molar-refractivity contribution is 8.00. The number of halogens is 1. The Kier molecular flexibility index (Phi) is 5.43. The van der Waals surface area contributed by atoms with E-state index in [-0.39, 0.29) is 11.2 Å². The highest BCUT2D eigenvalue weighted by Crippen LogP contribution is 2.24. The van der Waals surface area contributed by atoms with Crippen LogP contribution in [0.5, 0.6) is 0 Å². The number of hydrogen-bond donors (Lipinski definition) is 1. The smallest absolute Gasteiger partial charge is 0.233 e. The van der Waals surface area contributed by atoms with Crippen molar-refractivity contribution in [1.82, 2.24) is 5.32 Å². The summed E-state index contributed by atoms with van der Waals surface area (Å²) in [5.41, 5.74) is 0. The molecule has 0 heterocycles. The van der Waals surface area contributed by atoms with Crippen LogP contribution in [0.2, 0.25) is 5.02 Å². The van der Waals surface area contributed by atoms with Crippen molar-refractivity contribution in [1.29, 1.82) is 0 Å². The third-order valence-electron chi connectivity index (χ3n) is 1.92. The predicted octanol–water partition coefficient (Wildman–Crippen LogP) is 3.12. The Hall–Kier alpha value is -0.930. The molecule has 0 aliphatic heterocycles. The summed E-state index contributed by atoms with van der Waals surface area (Å²) in [5, 5.41) is 3.34. The molecule has 0 aliphatic carbocycles. The van der Waals surface area contributed by atoms with E-state index >= 15 is 0 Å². The number of rotatable bonds is 5. The van der Waals surface area contributed by atoms with Crippen LogP contribution in [0.25, 0.3) is 0 Å². The first kappa shape index (κ1) is 13.1. The van der Waals surface area contributed by atoms with Crippen molar-refractivity contribution in [3.63, 3.8) is 0 Å². The van der Waals surface area contributed by atoms with Gasteiger partial charge in [-0.1, -0.05) is 17.7 Å². The molecule has 1 aromatic rings. The van der Waals surface area contributed by atoms with E-state index in [1.165, 1.54) is 11.8 Å². The summed E-state index contributed by atoms with van der Waals surface area (Å²) in [4.78, 5) is 12.6. The van der Waals surface area contributed by atoms with Crippen molar-refractivity contribution in [3.8, 4) is 0 Å². The van der Waals surface area contributed by atoms with Gasteiger partial charge < -0.3 is 5.32 Å². The largest absolute Gasteiger partial charge is 0.352 e. The van der Waals surface area contributed by atoms with Gasteiger partial charge >= 0.3 is 0 Å². The van der Waals surface area contributed by atoms with Gasteiger partial charge in [0.1, 0.15) is 0 Å². The first-order valence-electron chi connectivity index (χ1n) is 4.94. The zero-order chi connectivity index (χ0) is 12.0. The monoisotopic (exact) mass is 255 g/mol. The molecule has 2 nitrogen and oxygen atoms in total. The summed E-state index contributed by atoms with van der Waals surface area (Å²) < 4.78 is 0. The molecular formula is C12H14ClNOS. The Morgan fingerprint density at radius 2 is 2.19 bits per heavy atom. The van der Waals surface area contributed by atoms with Crippen LogP contribution in [-0.2, 0) is 4.79 Å². The maximum Gasteiger partial charge on any atom is 0.233 e. The summed E-state index contributed by atoms with van der Waals surface area (Å²) in [7, 11) is 0. The van der Waals surface area contributed by atoms with Crippen molar-refractivity contribution < 1.29 is 4.79 Å². The predicted molar refractivity (Wildman–Crippen MR) is 70.0 cm³/mol. The summed E-state index contributed by atoms with van der Waals surface area (Å²) in [6.07, 6.45) is 1.66. The molecule has 0 aromatic heterocycles. The lowest BCUT2D eigenvalue weighted by Crippen LogP contribution is -2.30. The number of benzene rings is 1. The van der Waals surface area contributed by atoms with Crippen LogP contribution in [0.15, 0.2) is 41.8 Å². The van der Waals surface area contributed by atoms with Crippen LogP contribution in [0.4, 0.5) is 0 Å². The van der Waals surface area contributed by atoms with Gasteiger partial charge in [-0.3, -0.25) is 4.79 Å². The van der Waals surface area contributed by atoms with Crippen molar-refractivity contribution in [2.75, 3.05) is 6.54 Å². The maximum atomic E-state index is 11.6. The fourth-order valence-corrected chi connectivity index (χ4v) is 2.11. The molecule has 1 amide bonds. The molecule has 0 bridgehead atoms. The molecule has 4 heteroatoms. The van der Waals surface area contributed by atoms with Gasteiger partial charge in [-0.15, -0.1) is 18.3 Å². The Morgan fingerprint density at radius 1 is 1.56 bits per heavy atom. The van der Waals surface area contributed by atoms with Crippen molar-refractivity contribution >= 4 is 29.3 Å². The number of thioether (sulfide) groups is 1. The fourth-order valence-electron chi connectivity index (χ4n) is 1.09. The molecule has 1 aromatic carbocycles. The Balaban J connectivity index is 2.50. The maximum absolute atomic E-state index is 11.6. The first-order chi connectivity index (χ1) is 7.63. The lowest BCUT2D eigenvalue weighted by molar-refractivity contribution is -0.120. The van der Waals surface area contributed by atoms with E-state index in [0.717, 1.165) is 4.90 Å². The minimum atomic E-state index is -0.124. The number of hydrogen-bond acceptors (Lipinski definition) is 2. The second kappa shape index (κ2) is 6.61. The zero-order valence-electron chi connectivity index (χ0n) is 9.07. The molecule has 86 valence electrons. The van der Waals surface area contributed by atoms with E-state index in [0.29, 0.717) is 11.6 Å². The molecule has 16 heavy (non-hydrogen) atoms. The minimum Gasteiger partial charge on any atom is -0.352 e. The van der Waals surface area contributed by atoms with Gasteiger partial charge in [0, 0.05) is 16.5 Å². The van der Waals surface area contributed by atoms with E-state index in [1.807, 2.05) is 31.2 Å². The summed E-state index contributed by atoms with van der Waals surface area (Å²) in [6, 6.07) is 7.45. The summed E-state index contributed by atoms with van der Waals surface area (Å²) in [6.45, 7) is 5.93. The average Bonchev–Trinajstić information content (AvgIpc) is 2.29. The topological polar surface area (TPSA) is 29.1 Å². The van der Waals surface area contributed by atoms with E-state index < -0.39 is 0 Å². The Labute approximate surface area is 105 Å². The normalized spacial score (nSPS) is 11.9. The van der Waals surface area contributed by atoms with Gasteiger partial charge in [0.2, 0.25) is 5.91 Å². The van der Waals surface area contributed by atoms with Crippen molar-refractivity contribution in [2.45, 2.75) is 17.1 Å². The van der Waals surface area contributed by atoms with Crippen LogP contribution >= 0.6 is 23.4 Å². The van der Waals surface area contributed by atoms with E-state index in [1.54, 1.807) is 6.08 Å². The summed E-state index contributed by atoms with van der Waals surface area (Å²) in [5.74, 6) is 0.0138. The second-order valence-corrected chi connectivity index (χ2v) is 5.10. The quantitative estimate of drug-likeness (QED) is 0.647. The third kappa shape index (κ3) is 4.29. The van der Waals surface area contributed by atoms with Crippen LogP contribution in [0, 0.1) is 0 Å². The van der Waals surface area contributed by atoms with Crippen molar-refractivity contribution in [2.24, 2.45) is 0 Å². The Morgan fingerprint density at radius 3 is 2.75 bits per heavy atom. The molecular weight excluding hydrogens is 242 g/mol. The Bertz CT molecular complexity index is 364. The minimum absolute atomic E-state index is 0.0138. The van der Waals surface area contributed by atoms with Gasteiger partial charge in [0.25, 0.3) is 0 Å². The number of carbonyl (C=O) groups is 1. The van der Waals surface area contributed by atoms with E-state index in [2.05, 4.69) is 11.9 Å². The molecule has 0 radical (unpaired) electrons. The van der Waals surface area contributed by atoms with E-state index in [4.69, 9.17) is 11.6 Å². The highest BCUT2D eigenvalue weighted by atomic mass is 35.5. The lowest BCUT2D eigenvalue weighted by Gasteiger charge is -2.10. The molecule has 0 unspecified atom stereocenters. The van der Waals surface area contributed by atoms with Gasteiger partial charge in [-0.25, -0.2) is 0 Å². The second-order valence-electron chi connectivity index (χ2n) is 3.25. The van der Waals surface area contributed by atoms with Gasteiger partial charge in [0.15, 0.2) is 0 Å². The SMILES string of the molecule is C=CCNC(=O)[C@@H](C)Sc1ccc(Cl)cc1. The van der Waals surface area contributed by atoms with Gasteiger partial charge in [-0.2, -0.15) is 0 Å². The molecule has 0 aliphatic rings. The summed E-state index contributed by atoms with van der Waals surface area (Å²) >= 11 is 7.29. The molecule has 1 rings (SSSR count). The molecule has 0 saturated carbocycles. The van der Waals surface area contributed by atoms with Crippen LogP contribution in [0.1, 0.15) is 6.92 Å². The fraction of sp³-hybridized carbons (Fsp3) is 0.250. The van der Waals surface area contributed by atoms with E-state index in [9.17, 15) is 4.79 Å². The highest BCUT2D eigenvalue weighted by Gasteiger charge is 2.12. The van der Waals surface area contributed by atoms with Crippen LogP contribution in [-0.4, -0.2) is 17.7 Å². The molecule has 1 N–H and O–H groups in total. The van der Waals surface area contributed by atoms with Gasteiger partial charge in [-0.05, 0) is 31.2 Å². The zero-order valence-corrected chi connectivity index (χ0v) is 10.6.